The lowest BCUT2D eigenvalue weighted by molar-refractivity contribution is -0.138. The second kappa shape index (κ2) is 9.34. The number of carbonyl (C=O) groups is 3. The fraction of sp³-hybridized carbons (Fsp3) is 0.375. The normalized spacial score (nSPS) is 21.1. The average molecular weight is 555 g/mol. The van der Waals surface area contributed by atoms with Crippen LogP contribution in [0.1, 0.15) is 34.3 Å². The molecular formula is C24H22F4N4O5S. The summed E-state index contributed by atoms with van der Waals surface area (Å²) in [4.78, 5) is 39.2. The number of carbonyl (C=O) groups excluding carboxylic acids is 3. The third kappa shape index (κ3) is 4.62. The average Bonchev–Trinajstić information content (AvgIpc) is 3.18. The monoisotopic (exact) mass is 554 g/mol. The Morgan fingerprint density at radius 3 is 2.21 bits per heavy atom. The van der Waals surface area contributed by atoms with Gasteiger partial charge in [0.05, 0.1) is 16.1 Å². The zero-order valence-electron chi connectivity index (χ0n) is 19.8. The zero-order chi connectivity index (χ0) is 27.4. The Bertz CT molecular complexity index is 1420. The van der Waals surface area contributed by atoms with E-state index in [9.17, 15) is 36.0 Å². The van der Waals surface area contributed by atoms with Crippen molar-refractivity contribution in [2.75, 3.05) is 31.1 Å². The number of sulfonamides is 1. The van der Waals surface area contributed by atoms with Crippen molar-refractivity contribution in [3.63, 3.8) is 0 Å². The molecule has 0 saturated carbocycles. The Balaban J connectivity index is 1.29. The number of alkyl halides is 3. The first-order chi connectivity index (χ1) is 17.9. The summed E-state index contributed by atoms with van der Waals surface area (Å²) < 4.78 is 80.5. The first kappa shape index (κ1) is 26.1. The minimum absolute atomic E-state index is 0.0266. The predicted molar refractivity (Wildman–Crippen MR) is 125 cm³/mol. The van der Waals surface area contributed by atoms with E-state index in [2.05, 4.69) is 5.32 Å². The lowest BCUT2D eigenvalue weighted by Crippen LogP contribution is -2.52. The van der Waals surface area contributed by atoms with E-state index in [4.69, 9.17) is 0 Å². The fourth-order valence-electron chi connectivity index (χ4n) is 4.95. The third-order valence-corrected chi connectivity index (χ3v) is 8.90. The molecule has 0 aromatic heterocycles. The third-order valence-electron chi connectivity index (χ3n) is 6.99. The van der Waals surface area contributed by atoms with E-state index in [0.717, 1.165) is 22.5 Å². The molecule has 5 rings (SSSR count). The van der Waals surface area contributed by atoms with Crippen LogP contribution in [-0.2, 0) is 32.3 Å². The van der Waals surface area contributed by atoms with Crippen molar-refractivity contribution in [3.8, 4) is 0 Å². The predicted octanol–water partition coefficient (Wildman–Crippen LogP) is 2.12. The molecule has 1 unspecified atom stereocenters. The van der Waals surface area contributed by atoms with Crippen molar-refractivity contribution in [3.05, 3.63) is 58.9 Å². The summed E-state index contributed by atoms with van der Waals surface area (Å²) in [6, 6.07) is 5.02. The highest BCUT2D eigenvalue weighted by Crippen LogP contribution is 2.34. The number of piperidine rings is 1. The van der Waals surface area contributed by atoms with E-state index in [1.54, 1.807) is 4.90 Å². The van der Waals surface area contributed by atoms with Crippen molar-refractivity contribution in [2.45, 2.75) is 36.5 Å². The second-order valence-electron chi connectivity index (χ2n) is 9.27. The smallest absolute Gasteiger partial charge is 0.367 e. The van der Waals surface area contributed by atoms with E-state index < -0.39 is 51.3 Å². The summed E-state index contributed by atoms with van der Waals surface area (Å²) >= 11 is 0. The molecule has 0 bridgehead atoms. The SMILES string of the molecule is O=C1CCC(N2Cc3cc(N4CCN(S(=O)(=O)c5ccc(C(F)(F)F)cc5)CC4)c(F)cc3C2=O)C(=O)N1. The topological polar surface area (TPSA) is 107 Å². The first-order valence-electron chi connectivity index (χ1n) is 11.8. The molecule has 0 aliphatic carbocycles. The number of hydrogen-bond donors (Lipinski definition) is 1. The van der Waals surface area contributed by atoms with E-state index >= 15 is 4.39 Å². The molecule has 0 radical (unpaired) electrons. The van der Waals surface area contributed by atoms with Crippen LogP contribution < -0.4 is 10.2 Å². The van der Waals surface area contributed by atoms with Gasteiger partial charge in [-0.15, -0.1) is 0 Å². The molecule has 2 aromatic carbocycles. The lowest BCUT2D eigenvalue weighted by Gasteiger charge is -2.35. The summed E-state index contributed by atoms with van der Waals surface area (Å²) in [5, 5.41) is 2.21. The highest BCUT2D eigenvalue weighted by atomic mass is 32.2. The molecule has 3 aliphatic rings. The van der Waals surface area contributed by atoms with Crippen LogP contribution in [0.5, 0.6) is 0 Å². The molecule has 14 heteroatoms. The van der Waals surface area contributed by atoms with Crippen LogP contribution in [0, 0.1) is 5.82 Å². The van der Waals surface area contributed by atoms with Crippen molar-refractivity contribution in [1.82, 2.24) is 14.5 Å². The molecule has 9 nitrogen and oxygen atoms in total. The number of nitrogens with one attached hydrogen (secondary N) is 1. The van der Waals surface area contributed by atoms with Crippen LogP contribution >= 0.6 is 0 Å². The summed E-state index contributed by atoms with van der Waals surface area (Å²) in [5.74, 6) is -2.18. The van der Waals surface area contributed by atoms with Gasteiger partial charge in [-0.05, 0) is 48.4 Å². The van der Waals surface area contributed by atoms with Crippen molar-refractivity contribution in [1.29, 1.82) is 0 Å². The first-order valence-corrected chi connectivity index (χ1v) is 13.2. The molecule has 1 N–H and O–H groups in total. The number of hydrogen-bond acceptors (Lipinski definition) is 6. The van der Waals surface area contributed by atoms with Gasteiger partial charge in [0.1, 0.15) is 11.9 Å². The number of piperazine rings is 1. The van der Waals surface area contributed by atoms with Crippen LogP contribution in [-0.4, -0.2) is 67.6 Å². The van der Waals surface area contributed by atoms with Crippen LogP contribution in [0.4, 0.5) is 23.2 Å². The van der Waals surface area contributed by atoms with Crippen molar-refractivity contribution in [2.24, 2.45) is 0 Å². The number of imide groups is 1. The molecule has 2 saturated heterocycles. The van der Waals surface area contributed by atoms with Gasteiger partial charge in [-0.25, -0.2) is 12.8 Å². The Morgan fingerprint density at radius 1 is 0.947 bits per heavy atom. The number of fused-ring (bicyclic) bond motifs is 1. The minimum Gasteiger partial charge on any atom is -0.367 e. The largest absolute Gasteiger partial charge is 0.416 e. The second-order valence-corrected chi connectivity index (χ2v) is 11.2. The maximum atomic E-state index is 15.1. The van der Waals surface area contributed by atoms with Gasteiger partial charge in [-0.1, -0.05) is 0 Å². The molecule has 2 aromatic rings. The maximum Gasteiger partial charge on any atom is 0.416 e. The number of benzene rings is 2. The summed E-state index contributed by atoms with van der Waals surface area (Å²) in [6.07, 6.45) is -4.32. The van der Waals surface area contributed by atoms with Gasteiger partial charge < -0.3 is 9.80 Å². The van der Waals surface area contributed by atoms with Crippen LogP contribution in [0.25, 0.3) is 0 Å². The van der Waals surface area contributed by atoms with Gasteiger partial charge in [0, 0.05) is 44.7 Å². The number of rotatable bonds is 4. The van der Waals surface area contributed by atoms with Crippen LogP contribution in [0.2, 0.25) is 0 Å². The van der Waals surface area contributed by atoms with Gasteiger partial charge in [-0.3, -0.25) is 19.7 Å². The zero-order valence-corrected chi connectivity index (χ0v) is 20.6. The molecule has 3 heterocycles. The number of halogens is 4. The van der Waals surface area contributed by atoms with E-state index in [-0.39, 0.29) is 61.7 Å². The van der Waals surface area contributed by atoms with Gasteiger partial charge in [0.25, 0.3) is 5.91 Å². The quantitative estimate of drug-likeness (QED) is 0.459. The van der Waals surface area contributed by atoms with Gasteiger partial charge in [0.2, 0.25) is 21.8 Å². The molecule has 38 heavy (non-hydrogen) atoms. The Kier molecular flexibility index (Phi) is 6.42. The molecule has 1 atom stereocenters. The molecule has 2 fully saturated rings. The molecule has 0 spiro atoms. The summed E-state index contributed by atoms with van der Waals surface area (Å²) in [7, 11) is -4.05. The van der Waals surface area contributed by atoms with Crippen LogP contribution in [0.3, 0.4) is 0 Å². The van der Waals surface area contributed by atoms with Gasteiger partial charge in [-0.2, -0.15) is 17.5 Å². The molecule has 3 aliphatic heterocycles. The van der Waals surface area contributed by atoms with E-state index in [1.807, 2.05) is 0 Å². The Morgan fingerprint density at radius 2 is 1.61 bits per heavy atom. The minimum atomic E-state index is -4.59. The molecule has 202 valence electrons. The summed E-state index contributed by atoms with van der Waals surface area (Å²) in [5.41, 5.74) is -0.147. The van der Waals surface area contributed by atoms with Gasteiger partial charge >= 0.3 is 6.18 Å². The van der Waals surface area contributed by atoms with Crippen molar-refractivity contribution < 1.29 is 40.4 Å². The van der Waals surface area contributed by atoms with E-state index in [0.29, 0.717) is 17.7 Å². The lowest BCUT2D eigenvalue weighted by atomic mass is 10.0. The highest BCUT2D eigenvalue weighted by Gasteiger charge is 2.40. The molecular weight excluding hydrogens is 532 g/mol. The highest BCUT2D eigenvalue weighted by molar-refractivity contribution is 7.89. The fourth-order valence-corrected chi connectivity index (χ4v) is 6.38. The van der Waals surface area contributed by atoms with Gasteiger partial charge in [0.15, 0.2) is 0 Å². The molecule has 3 amide bonds. The van der Waals surface area contributed by atoms with Crippen LogP contribution in [0.15, 0.2) is 41.3 Å². The standard InChI is InChI=1S/C24H22F4N4O5S/c25-18-12-17-14(13-32(23(17)35)19-5-6-21(33)29-22(19)34)11-20(18)30-7-9-31(10-8-30)38(36,37)16-3-1-15(2-4-16)24(26,27)28/h1-4,11-12,19H,5-10,13H2,(H,29,33,34). The number of amides is 3. The van der Waals surface area contributed by atoms with Crippen molar-refractivity contribution >= 4 is 33.4 Å². The maximum absolute atomic E-state index is 15.1. The Hall–Kier alpha value is -3.52. The summed E-state index contributed by atoms with van der Waals surface area (Å²) in [6.45, 7) is 0.235. The number of nitrogens with zero attached hydrogens (tertiary/aromatic N) is 3. The Labute approximate surface area is 215 Å². The van der Waals surface area contributed by atoms with E-state index in [1.165, 1.54) is 11.0 Å². The number of anilines is 1.